The minimum atomic E-state index is -0.793. The summed E-state index contributed by atoms with van der Waals surface area (Å²) < 4.78 is 0. The first-order valence-electron chi connectivity index (χ1n) is 5.17. The number of aromatic nitrogens is 1. The van der Waals surface area contributed by atoms with Crippen molar-refractivity contribution in [2.24, 2.45) is 0 Å². The Balaban J connectivity index is 1.91. The molecule has 5 heteroatoms. The number of hydrogen-bond acceptors (Lipinski definition) is 4. The predicted molar refractivity (Wildman–Crippen MR) is 67.2 cm³/mol. The number of anilines is 1. The molecule has 2 heterocycles. The summed E-state index contributed by atoms with van der Waals surface area (Å²) in [6, 6.07) is 7.62. The zero-order chi connectivity index (χ0) is 12.1. The molecule has 0 fully saturated rings. The van der Waals surface area contributed by atoms with Crippen LogP contribution in [0, 0.1) is 0 Å². The molecule has 0 aromatic carbocycles. The zero-order valence-electron chi connectivity index (χ0n) is 9.09. The van der Waals surface area contributed by atoms with Crippen LogP contribution in [0.1, 0.15) is 9.75 Å². The number of nitrogens with one attached hydrogen (secondary N) is 1. The summed E-state index contributed by atoms with van der Waals surface area (Å²) in [5.41, 5.74) is 0.959. The third-order valence-electron chi connectivity index (χ3n) is 2.17. The molecule has 4 nitrogen and oxygen atoms in total. The molecule has 0 spiro atoms. The maximum Gasteiger partial charge on any atom is 0.308 e. The Morgan fingerprint density at radius 3 is 2.88 bits per heavy atom. The standard InChI is InChI=1S/C12H12N2O2S/c15-12(16)6-10-3-4-11(17-10)8-14-9-2-1-5-13-7-9/h1-5,7,14H,6,8H2,(H,15,16). The van der Waals surface area contributed by atoms with Crippen LogP contribution < -0.4 is 5.32 Å². The van der Waals surface area contributed by atoms with E-state index in [-0.39, 0.29) is 6.42 Å². The van der Waals surface area contributed by atoms with E-state index in [9.17, 15) is 4.79 Å². The Bertz CT molecular complexity index is 496. The third-order valence-corrected chi connectivity index (χ3v) is 3.26. The molecule has 88 valence electrons. The van der Waals surface area contributed by atoms with Crippen molar-refractivity contribution in [3.8, 4) is 0 Å². The van der Waals surface area contributed by atoms with Gasteiger partial charge in [0.2, 0.25) is 0 Å². The fraction of sp³-hybridized carbons (Fsp3) is 0.167. The van der Waals surface area contributed by atoms with Gasteiger partial charge < -0.3 is 10.4 Å². The largest absolute Gasteiger partial charge is 0.481 e. The molecule has 17 heavy (non-hydrogen) atoms. The molecule has 0 atom stereocenters. The Morgan fingerprint density at radius 1 is 1.35 bits per heavy atom. The molecule has 2 aromatic heterocycles. The summed E-state index contributed by atoms with van der Waals surface area (Å²) in [7, 11) is 0. The average molecular weight is 248 g/mol. The number of pyridine rings is 1. The van der Waals surface area contributed by atoms with Crippen molar-refractivity contribution in [3.05, 3.63) is 46.4 Å². The summed E-state index contributed by atoms with van der Waals surface area (Å²) in [5, 5.41) is 11.9. The molecule has 0 saturated carbocycles. The second-order valence-corrected chi connectivity index (χ2v) is 4.79. The van der Waals surface area contributed by atoms with Crippen LogP contribution in [-0.4, -0.2) is 16.1 Å². The lowest BCUT2D eigenvalue weighted by molar-refractivity contribution is -0.136. The minimum Gasteiger partial charge on any atom is -0.481 e. The van der Waals surface area contributed by atoms with Crippen molar-refractivity contribution in [2.45, 2.75) is 13.0 Å². The molecule has 2 rings (SSSR count). The SMILES string of the molecule is O=C(O)Cc1ccc(CNc2cccnc2)s1. The smallest absolute Gasteiger partial charge is 0.308 e. The number of carbonyl (C=O) groups is 1. The van der Waals surface area contributed by atoms with Gasteiger partial charge in [-0.05, 0) is 24.3 Å². The van der Waals surface area contributed by atoms with E-state index in [1.807, 2.05) is 24.3 Å². The molecule has 0 aliphatic rings. The van der Waals surface area contributed by atoms with E-state index in [0.29, 0.717) is 6.54 Å². The lowest BCUT2D eigenvalue weighted by Crippen LogP contribution is -1.98. The Kier molecular flexibility index (Phi) is 3.72. The highest BCUT2D eigenvalue weighted by Crippen LogP contribution is 2.18. The molecular weight excluding hydrogens is 236 g/mol. The van der Waals surface area contributed by atoms with Crippen molar-refractivity contribution in [1.82, 2.24) is 4.98 Å². The highest BCUT2D eigenvalue weighted by atomic mass is 32.1. The van der Waals surface area contributed by atoms with Crippen molar-refractivity contribution >= 4 is 23.0 Å². The van der Waals surface area contributed by atoms with Crippen LogP contribution in [0.5, 0.6) is 0 Å². The highest BCUT2D eigenvalue weighted by Gasteiger charge is 2.04. The van der Waals surface area contributed by atoms with Crippen molar-refractivity contribution in [1.29, 1.82) is 0 Å². The number of carboxylic acid groups (broad SMARTS) is 1. The van der Waals surface area contributed by atoms with E-state index in [0.717, 1.165) is 15.4 Å². The second-order valence-electron chi connectivity index (χ2n) is 3.53. The van der Waals surface area contributed by atoms with Gasteiger partial charge in [0.15, 0.2) is 0 Å². The van der Waals surface area contributed by atoms with Gasteiger partial charge in [-0.3, -0.25) is 9.78 Å². The fourth-order valence-electron chi connectivity index (χ4n) is 1.42. The minimum absolute atomic E-state index is 0.0948. The molecule has 2 aromatic rings. The maximum atomic E-state index is 10.5. The van der Waals surface area contributed by atoms with Crippen molar-refractivity contribution < 1.29 is 9.90 Å². The highest BCUT2D eigenvalue weighted by molar-refractivity contribution is 7.12. The van der Waals surface area contributed by atoms with E-state index >= 15 is 0 Å². The van der Waals surface area contributed by atoms with E-state index in [2.05, 4.69) is 10.3 Å². The number of thiophene rings is 1. The topological polar surface area (TPSA) is 62.2 Å². The van der Waals surface area contributed by atoms with Gasteiger partial charge in [-0.15, -0.1) is 11.3 Å². The van der Waals surface area contributed by atoms with Crippen LogP contribution in [0.3, 0.4) is 0 Å². The second kappa shape index (κ2) is 5.45. The van der Waals surface area contributed by atoms with Gasteiger partial charge in [-0.2, -0.15) is 0 Å². The number of aliphatic carboxylic acids is 1. The molecule has 2 N–H and O–H groups in total. The van der Waals surface area contributed by atoms with E-state index < -0.39 is 5.97 Å². The molecule has 0 aliphatic heterocycles. The average Bonchev–Trinajstić information content (AvgIpc) is 2.75. The van der Waals surface area contributed by atoms with Crippen LogP contribution in [0.2, 0.25) is 0 Å². The van der Waals surface area contributed by atoms with Gasteiger partial charge in [0.1, 0.15) is 0 Å². The first-order chi connectivity index (χ1) is 8.24. The Labute approximate surface area is 103 Å². The van der Waals surface area contributed by atoms with E-state index in [4.69, 9.17) is 5.11 Å². The summed E-state index contributed by atoms with van der Waals surface area (Å²) in [6.07, 6.45) is 3.57. The van der Waals surface area contributed by atoms with E-state index in [1.165, 1.54) is 11.3 Å². The summed E-state index contributed by atoms with van der Waals surface area (Å²) in [6.45, 7) is 0.690. The third kappa shape index (κ3) is 3.57. The maximum absolute atomic E-state index is 10.5. The number of hydrogen-bond donors (Lipinski definition) is 2. The monoisotopic (exact) mass is 248 g/mol. The first kappa shape index (κ1) is 11.6. The molecule has 0 amide bonds. The summed E-state index contributed by atoms with van der Waals surface area (Å²) in [5.74, 6) is -0.793. The molecule has 0 bridgehead atoms. The van der Waals surface area contributed by atoms with Crippen LogP contribution >= 0.6 is 11.3 Å². The lowest BCUT2D eigenvalue weighted by Gasteiger charge is -2.02. The predicted octanol–water partition coefficient (Wildman–Crippen LogP) is 2.38. The van der Waals surface area contributed by atoms with E-state index in [1.54, 1.807) is 12.4 Å². The van der Waals surface area contributed by atoms with Crippen LogP contribution in [0.25, 0.3) is 0 Å². The molecule has 0 saturated heterocycles. The van der Waals surface area contributed by atoms with Crippen molar-refractivity contribution in [3.63, 3.8) is 0 Å². The van der Waals surface area contributed by atoms with Gasteiger partial charge in [0.25, 0.3) is 0 Å². The normalized spacial score (nSPS) is 10.1. The van der Waals surface area contributed by atoms with Crippen LogP contribution in [0.4, 0.5) is 5.69 Å². The molecule has 0 radical (unpaired) electrons. The summed E-state index contributed by atoms with van der Waals surface area (Å²) in [4.78, 5) is 16.5. The Morgan fingerprint density at radius 2 is 2.18 bits per heavy atom. The lowest BCUT2D eigenvalue weighted by atomic mass is 10.3. The van der Waals surface area contributed by atoms with Crippen LogP contribution in [-0.2, 0) is 17.8 Å². The van der Waals surface area contributed by atoms with Gasteiger partial charge in [-0.25, -0.2) is 0 Å². The van der Waals surface area contributed by atoms with Gasteiger partial charge in [-0.1, -0.05) is 0 Å². The number of carboxylic acids is 1. The van der Waals surface area contributed by atoms with Gasteiger partial charge in [0, 0.05) is 28.7 Å². The van der Waals surface area contributed by atoms with Gasteiger partial charge in [0.05, 0.1) is 12.1 Å². The first-order valence-corrected chi connectivity index (χ1v) is 5.99. The van der Waals surface area contributed by atoms with Crippen LogP contribution in [0.15, 0.2) is 36.7 Å². The number of nitrogens with zero attached hydrogens (tertiary/aromatic N) is 1. The van der Waals surface area contributed by atoms with Gasteiger partial charge >= 0.3 is 5.97 Å². The zero-order valence-corrected chi connectivity index (χ0v) is 9.91. The Hall–Kier alpha value is -1.88. The summed E-state index contributed by atoms with van der Waals surface area (Å²) >= 11 is 1.52. The molecule has 0 unspecified atom stereocenters. The fourth-order valence-corrected chi connectivity index (χ4v) is 2.37. The molecule has 0 aliphatic carbocycles. The quantitative estimate of drug-likeness (QED) is 0.852. The molecular formula is C12H12N2O2S. The number of rotatable bonds is 5. The van der Waals surface area contributed by atoms with Crippen molar-refractivity contribution in [2.75, 3.05) is 5.32 Å².